The molecular weight excluding hydrogens is 246 g/mol. The maximum atomic E-state index is 11.3. The van der Waals surface area contributed by atoms with Gasteiger partial charge in [-0.1, -0.05) is 11.6 Å². The molecule has 92 valence electrons. The van der Waals surface area contributed by atoms with Gasteiger partial charge in [0.2, 0.25) is 0 Å². The molecule has 0 aliphatic rings. The molecule has 0 saturated carbocycles. The summed E-state index contributed by atoms with van der Waals surface area (Å²) in [5.41, 5.74) is 1.09. The van der Waals surface area contributed by atoms with Crippen LogP contribution in [0.5, 0.6) is 0 Å². The Morgan fingerprint density at radius 3 is 2.65 bits per heavy atom. The minimum atomic E-state index is -0.521. The number of hydrogen-bond acceptors (Lipinski definition) is 4. The Kier molecular flexibility index (Phi) is 4.45. The van der Waals surface area contributed by atoms with Crippen molar-refractivity contribution >= 4 is 23.3 Å². The molecule has 0 saturated heterocycles. The number of hydrogen-bond donors (Lipinski definition) is 0. The fourth-order valence-electron chi connectivity index (χ4n) is 1.44. The SMILES string of the molecule is CCOC(=O)Cc1c(C)cc([N+](=O)[O-])cc1Cl. The molecule has 6 heteroatoms. The lowest BCUT2D eigenvalue weighted by Crippen LogP contribution is -2.09. The van der Waals surface area contributed by atoms with Crippen molar-refractivity contribution in [3.8, 4) is 0 Å². The summed E-state index contributed by atoms with van der Waals surface area (Å²) in [5.74, 6) is -0.397. The summed E-state index contributed by atoms with van der Waals surface area (Å²) in [6, 6.07) is 2.63. The van der Waals surface area contributed by atoms with Crippen molar-refractivity contribution in [2.75, 3.05) is 6.61 Å². The maximum absolute atomic E-state index is 11.3. The third kappa shape index (κ3) is 3.42. The number of esters is 1. The van der Waals surface area contributed by atoms with Crippen LogP contribution in [0.1, 0.15) is 18.1 Å². The van der Waals surface area contributed by atoms with Crippen LogP contribution in [-0.4, -0.2) is 17.5 Å². The number of carbonyl (C=O) groups excluding carboxylic acids is 1. The zero-order chi connectivity index (χ0) is 13.0. The van der Waals surface area contributed by atoms with E-state index in [-0.39, 0.29) is 17.1 Å². The number of halogens is 1. The van der Waals surface area contributed by atoms with Gasteiger partial charge in [-0.2, -0.15) is 0 Å². The normalized spacial score (nSPS) is 10.1. The molecule has 0 heterocycles. The topological polar surface area (TPSA) is 69.4 Å². The van der Waals surface area contributed by atoms with Gasteiger partial charge in [0.05, 0.1) is 23.0 Å². The van der Waals surface area contributed by atoms with Crippen LogP contribution < -0.4 is 0 Å². The molecule has 0 aliphatic heterocycles. The molecule has 0 radical (unpaired) electrons. The number of ether oxygens (including phenoxy) is 1. The molecule has 17 heavy (non-hydrogen) atoms. The largest absolute Gasteiger partial charge is 0.466 e. The summed E-state index contributed by atoms with van der Waals surface area (Å²) in [6.07, 6.45) is 0.0243. The third-order valence-corrected chi connectivity index (χ3v) is 2.58. The minimum Gasteiger partial charge on any atom is -0.466 e. The summed E-state index contributed by atoms with van der Waals surface area (Å²) in [7, 11) is 0. The first-order chi connectivity index (χ1) is 7.95. The van der Waals surface area contributed by atoms with Gasteiger partial charge in [0.1, 0.15) is 0 Å². The Bertz CT molecular complexity index is 436. The van der Waals surface area contributed by atoms with Crippen molar-refractivity contribution in [1.29, 1.82) is 0 Å². The van der Waals surface area contributed by atoms with Crippen molar-refractivity contribution in [2.45, 2.75) is 20.3 Å². The lowest BCUT2D eigenvalue weighted by atomic mass is 10.0. The Balaban J connectivity index is 3.01. The van der Waals surface area contributed by atoms with E-state index in [2.05, 4.69) is 0 Å². The Morgan fingerprint density at radius 2 is 2.18 bits per heavy atom. The summed E-state index contributed by atoms with van der Waals surface area (Å²) < 4.78 is 4.80. The predicted molar refractivity (Wildman–Crippen MR) is 63.2 cm³/mol. The van der Waals surface area contributed by atoms with E-state index in [9.17, 15) is 14.9 Å². The number of non-ortho nitro benzene ring substituents is 1. The number of nitro benzene ring substituents is 1. The average molecular weight is 258 g/mol. The van der Waals surface area contributed by atoms with Crippen molar-refractivity contribution in [1.82, 2.24) is 0 Å². The number of nitro groups is 1. The van der Waals surface area contributed by atoms with Gasteiger partial charge in [0, 0.05) is 12.1 Å². The summed E-state index contributed by atoms with van der Waals surface area (Å²) >= 11 is 5.91. The van der Waals surface area contributed by atoms with Crippen LogP contribution in [0.25, 0.3) is 0 Å². The molecule has 1 rings (SSSR count). The molecule has 0 atom stereocenters. The van der Waals surface area contributed by atoms with E-state index in [1.54, 1.807) is 13.8 Å². The minimum absolute atomic E-state index is 0.0243. The monoisotopic (exact) mass is 257 g/mol. The average Bonchev–Trinajstić information content (AvgIpc) is 2.23. The Hall–Kier alpha value is -1.62. The molecule has 0 fully saturated rings. The maximum Gasteiger partial charge on any atom is 0.310 e. The van der Waals surface area contributed by atoms with Crippen LogP contribution in [-0.2, 0) is 16.0 Å². The first kappa shape index (κ1) is 13.4. The number of benzene rings is 1. The van der Waals surface area contributed by atoms with E-state index < -0.39 is 10.9 Å². The molecule has 5 nitrogen and oxygen atoms in total. The lowest BCUT2D eigenvalue weighted by molar-refractivity contribution is -0.384. The number of rotatable bonds is 4. The van der Waals surface area contributed by atoms with Crippen molar-refractivity contribution in [3.63, 3.8) is 0 Å². The van der Waals surface area contributed by atoms with E-state index in [0.717, 1.165) is 0 Å². The zero-order valence-corrected chi connectivity index (χ0v) is 10.3. The fourth-order valence-corrected chi connectivity index (χ4v) is 1.77. The van der Waals surface area contributed by atoms with Crippen LogP contribution >= 0.6 is 11.6 Å². The highest BCUT2D eigenvalue weighted by Gasteiger charge is 2.16. The predicted octanol–water partition coefficient (Wildman–Crippen LogP) is 2.66. The van der Waals surface area contributed by atoms with Gasteiger partial charge in [-0.25, -0.2) is 0 Å². The molecular formula is C11H12ClNO4. The van der Waals surface area contributed by atoms with Crippen LogP contribution in [0.2, 0.25) is 5.02 Å². The highest BCUT2D eigenvalue weighted by molar-refractivity contribution is 6.31. The smallest absolute Gasteiger partial charge is 0.310 e. The zero-order valence-electron chi connectivity index (χ0n) is 9.53. The molecule has 1 aromatic carbocycles. The second-order valence-corrected chi connectivity index (χ2v) is 3.87. The fraction of sp³-hybridized carbons (Fsp3) is 0.364. The van der Waals surface area contributed by atoms with Gasteiger partial charge < -0.3 is 4.74 Å². The van der Waals surface area contributed by atoms with Gasteiger partial charge in [0.15, 0.2) is 0 Å². The van der Waals surface area contributed by atoms with E-state index >= 15 is 0 Å². The number of carbonyl (C=O) groups is 1. The molecule has 0 amide bonds. The summed E-state index contributed by atoms with van der Waals surface area (Å²) in [6.45, 7) is 3.68. The van der Waals surface area contributed by atoms with E-state index in [1.807, 2.05) is 0 Å². The van der Waals surface area contributed by atoms with Gasteiger partial charge in [-0.05, 0) is 25.0 Å². The van der Waals surface area contributed by atoms with Crippen molar-refractivity contribution in [3.05, 3.63) is 38.4 Å². The van der Waals surface area contributed by atoms with Crippen molar-refractivity contribution < 1.29 is 14.5 Å². The molecule has 0 unspecified atom stereocenters. The molecule has 0 aromatic heterocycles. The first-order valence-electron chi connectivity index (χ1n) is 5.04. The highest BCUT2D eigenvalue weighted by atomic mass is 35.5. The van der Waals surface area contributed by atoms with Crippen LogP contribution in [0.3, 0.4) is 0 Å². The Labute approximate surface area is 103 Å². The van der Waals surface area contributed by atoms with Crippen LogP contribution in [0.15, 0.2) is 12.1 Å². The lowest BCUT2D eigenvalue weighted by Gasteiger charge is -2.07. The van der Waals surface area contributed by atoms with Gasteiger partial charge in [0.25, 0.3) is 5.69 Å². The molecule has 0 aliphatic carbocycles. The van der Waals surface area contributed by atoms with Crippen LogP contribution in [0.4, 0.5) is 5.69 Å². The van der Waals surface area contributed by atoms with Gasteiger partial charge in [-0.3, -0.25) is 14.9 Å². The Morgan fingerprint density at radius 1 is 1.53 bits per heavy atom. The summed E-state index contributed by atoms with van der Waals surface area (Å²) in [5, 5.41) is 10.8. The standard InChI is InChI=1S/C11H12ClNO4/c1-3-17-11(14)6-9-7(2)4-8(13(15)16)5-10(9)12/h4-5H,3,6H2,1-2H3. The molecule has 1 aromatic rings. The van der Waals surface area contributed by atoms with E-state index in [4.69, 9.17) is 16.3 Å². The van der Waals surface area contributed by atoms with Gasteiger partial charge in [-0.15, -0.1) is 0 Å². The van der Waals surface area contributed by atoms with E-state index in [0.29, 0.717) is 17.7 Å². The molecule has 0 bridgehead atoms. The van der Waals surface area contributed by atoms with Gasteiger partial charge >= 0.3 is 5.97 Å². The van der Waals surface area contributed by atoms with Crippen molar-refractivity contribution in [2.24, 2.45) is 0 Å². The second-order valence-electron chi connectivity index (χ2n) is 3.46. The molecule has 0 N–H and O–H groups in total. The van der Waals surface area contributed by atoms with E-state index in [1.165, 1.54) is 12.1 Å². The summed E-state index contributed by atoms with van der Waals surface area (Å²) in [4.78, 5) is 21.4. The van der Waals surface area contributed by atoms with Crippen LogP contribution in [0, 0.1) is 17.0 Å². The molecule has 0 spiro atoms. The first-order valence-corrected chi connectivity index (χ1v) is 5.42. The number of nitrogens with zero attached hydrogens (tertiary/aromatic N) is 1. The third-order valence-electron chi connectivity index (χ3n) is 2.24. The quantitative estimate of drug-likeness (QED) is 0.472. The number of aryl methyl sites for hydroxylation is 1. The second kappa shape index (κ2) is 5.63. The highest BCUT2D eigenvalue weighted by Crippen LogP contribution is 2.26.